The molecule has 1 aliphatic heterocycles. The summed E-state index contributed by atoms with van der Waals surface area (Å²) >= 11 is 0. The van der Waals surface area contributed by atoms with E-state index >= 15 is 0 Å². The minimum absolute atomic E-state index is 0.0855. The summed E-state index contributed by atoms with van der Waals surface area (Å²) in [4.78, 5) is 28.0. The summed E-state index contributed by atoms with van der Waals surface area (Å²) in [5.74, 6) is 0.805. The highest BCUT2D eigenvalue weighted by atomic mass is 16.7. The predicted molar refractivity (Wildman–Crippen MR) is 165 cm³/mol. The van der Waals surface area contributed by atoms with Crippen LogP contribution in [0.3, 0.4) is 0 Å². The van der Waals surface area contributed by atoms with Crippen LogP contribution in [-0.2, 0) is 16.1 Å². The Bertz CT molecular complexity index is 1370. The number of nitrogens with zero attached hydrogens (tertiary/aromatic N) is 1. The molecule has 1 saturated carbocycles. The van der Waals surface area contributed by atoms with Gasteiger partial charge in [0.05, 0.1) is 13.2 Å². The Morgan fingerprint density at radius 1 is 0.976 bits per heavy atom. The highest BCUT2D eigenvalue weighted by molar-refractivity contribution is 5.97. The normalized spacial score (nSPS) is 16.7. The predicted octanol–water partition coefficient (Wildman–Crippen LogP) is 8.42. The number of amides is 1. The molecule has 0 spiro atoms. The number of hydrogen-bond donors (Lipinski definition) is 0. The van der Waals surface area contributed by atoms with Crippen molar-refractivity contribution >= 4 is 17.6 Å². The lowest BCUT2D eigenvalue weighted by atomic mass is 9.92. The van der Waals surface area contributed by atoms with E-state index in [1.54, 1.807) is 26.0 Å². The second-order valence-corrected chi connectivity index (χ2v) is 12.1. The van der Waals surface area contributed by atoms with Crippen molar-refractivity contribution in [3.63, 3.8) is 0 Å². The molecule has 0 bridgehead atoms. The van der Waals surface area contributed by atoms with Gasteiger partial charge in [-0.3, -0.25) is 4.79 Å². The third-order valence-corrected chi connectivity index (χ3v) is 8.41. The number of benzene rings is 3. The molecule has 5 rings (SSSR count). The van der Waals surface area contributed by atoms with Crippen LogP contribution in [-0.4, -0.2) is 24.3 Å². The largest absolute Gasteiger partial charge is 0.494 e. The summed E-state index contributed by atoms with van der Waals surface area (Å²) in [6.45, 7) is 8.89. The number of ether oxygens (including phenoxy) is 3. The third kappa shape index (κ3) is 7.15. The number of rotatable bonds is 11. The first kappa shape index (κ1) is 29.7. The first-order valence-corrected chi connectivity index (χ1v) is 15.4. The molecule has 1 aliphatic carbocycles. The molecule has 1 unspecified atom stereocenters. The van der Waals surface area contributed by atoms with Crippen LogP contribution < -0.4 is 14.4 Å². The fourth-order valence-electron chi connectivity index (χ4n) is 5.94. The lowest BCUT2D eigenvalue weighted by molar-refractivity contribution is -0.127. The maximum absolute atomic E-state index is 13.7. The van der Waals surface area contributed by atoms with E-state index in [0.29, 0.717) is 30.2 Å². The molecule has 3 aromatic rings. The molecular formula is C36H43NO5. The topological polar surface area (TPSA) is 65.1 Å². The first-order chi connectivity index (χ1) is 20.2. The molecule has 3 aromatic carbocycles. The van der Waals surface area contributed by atoms with Crippen molar-refractivity contribution in [2.24, 2.45) is 5.92 Å². The quantitative estimate of drug-likeness (QED) is 0.217. The van der Waals surface area contributed by atoms with E-state index in [2.05, 4.69) is 50.2 Å². The SMILES string of the molecule is CCCOc1ccc(C(C)c2ccc(CN(C(=O)CCC3CCCC3)c3ccc4c(c3)OC(C)(C)OC4=O)cc2)cc1. The molecule has 6 heteroatoms. The van der Waals surface area contributed by atoms with Crippen molar-refractivity contribution in [2.45, 2.75) is 90.9 Å². The Hall–Kier alpha value is -3.80. The van der Waals surface area contributed by atoms with Gasteiger partial charge >= 0.3 is 5.97 Å². The fraction of sp³-hybridized carbons (Fsp3) is 0.444. The summed E-state index contributed by atoms with van der Waals surface area (Å²) in [5, 5.41) is 0. The van der Waals surface area contributed by atoms with E-state index in [1.807, 2.05) is 23.1 Å². The zero-order valence-corrected chi connectivity index (χ0v) is 25.4. The number of carbonyl (C=O) groups excluding carboxylic acids is 2. The van der Waals surface area contributed by atoms with Crippen LogP contribution in [0.15, 0.2) is 66.7 Å². The van der Waals surface area contributed by atoms with Crippen molar-refractivity contribution in [3.05, 3.63) is 89.0 Å². The lowest BCUT2D eigenvalue weighted by Gasteiger charge is -2.32. The monoisotopic (exact) mass is 569 g/mol. The molecule has 1 amide bonds. The third-order valence-electron chi connectivity index (χ3n) is 8.41. The van der Waals surface area contributed by atoms with Gasteiger partial charge < -0.3 is 19.1 Å². The molecule has 6 nitrogen and oxygen atoms in total. The summed E-state index contributed by atoms with van der Waals surface area (Å²) in [6.07, 6.45) is 7.35. The van der Waals surface area contributed by atoms with Gasteiger partial charge in [0.2, 0.25) is 11.7 Å². The van der Waals surface area contributed by atoms with Gasteiger partial charge in [0.1, 0.15) is 17.1 Å². The molecule has 0 aromatic heterocycles. The first-order valence-electron chi connectivity index (χ1n) is 15.4. The van der Waals surface area contributed by atoms with Crippen molar-refractivity contribution < 1.29 is 23.8 Å². The van der Waals surface area contributed by atoms with E-state index in [-0.39, 0.29) is 11.8 Å². The number of cyclic esters (lactones) is 1. The summed E-state index contributed by atoms with van der Waals surface area (Å²) in [5.41, 5.74) is 4.58. The minimum Gasteiger partial charge on any atom is -0.494 e. The average molecular weight is 570 g/mol. The molecule has 222 valence electrons. The Morgan fingerprint density at radius 3 is 2.31 bits per heavy atom. The number of fused-ring (bicyclic) bond motifs is 1. The molecule has 1 fully saturated rings. The van der Waals surface area contributed by atoms with Gasteiger partial charge in [-0.1, -0.05) is 75.9 Å². The fourth-order valence-corrected chi connectivity index (χ4v) is 5.94. The van der Waals surface area contributed by atoms with Gasteiger partial charge in [-0.2, -0.15) is 0 Å². The van der Waals surface area contributed by atoms with Crippen molar-refractivity contribution in [2.75, 3.05) is 11.5 Å². The maximum atomic E-state index is 13.7. The number of esters is 1. The van der Waals surface area contributed by atoms with Gasteiger partial charge in [-0.05, 0) is 59.7 Å². The van der Waals surface area contributed by atoms with Crippen LogP contribution in [0.1, 0.15) is 106 Å². The molecular weight excluding hydrogens is 526 g/mol. The van der Waals surface area contributed by atoms with E-state index in [4.69, 9.17) is 14.2 Å². The van der Waals surface area contributed by atoms with E-state index < -0.39 is 11.8 Å². The summed E-state index contributed by atoms with van der Waals surface area (Å²) < 4.78 is 17.1. The van der Waals surface area contributed by atoms with E-state index in [1.165, 1.54) is 36.8 Å². The van der Waals surface area contributed by atoms with Crippen molar-refractivity contribution in [3.8, 4) is 11.5 Å². The molecule has 1 atom stereocenters. The molecule has 0 radical (unpaired) electrons. The zero-order chi connectivity index (χ0) is 29.7. The number of anilines is 1. The smallest absolute Gasteiger partial charge is 0.345 e. The van der Waals surface area contributed by atoms with Crippen LogP contribution in [0.5, 0.6) is 11.5 Å². The van der Waals surface area contributed by atoms with E-state index in [9.17, 15) is 9.59 Å². The maximum Gasteiger partial charge on any atom is 0.345 e. The van der Waals surface area contributed by atoms with Crippen LogP contribution >= 0.6 is 0 Å². The zero-order valence-electron chi connectivity index (χ0n) is 25.4. The van der Waals surface area contributed by atoms with Gasteiger partial charge in [0, 0.05) is 37.9 Å². The van der Waals surface area contributed by atoms with E-state index in [0.717, 1.165) is 36.4 Å². The highest BCUT2D eigenvalue weighted by Crippen LogP contribution is 2.36. The van der Waals surface area contributed by atoms with Gasteiger partial charge in [-0.25, -0.2) is 4.79 Å². The molecule has 0 saturated heterocycles. The van der Waals surface area contributed by atoms with Gasteiger partial charge in [0.25, 0.3) is 0 Å². The summed E-state index contributed by atoms with van der Waals surface area (Å²) in [7, 11) is 0. The Balaban J connectivity index is 1.34. The van der Waals surface area contributed by atoms with Crippen LogP contribution in [0.4, 0.5) is 5.69 Å². The number of hydrogen-bond acceptors (Lipinski definition) is 5. The molecule has 1 heterocycles. The molecule has 42 heavy (non-hydrogen) atoms. The van der Waals surface area contributed by atoms with Crippen LogP contribution in [0.25, 0.3) is 0 Å². The summed E-state index contributed by atoms with van der Waals surface area (Å²) in [6, 6.07) is 22.2. The second-order valence-electron chi connectivity index (χ2n) is 12.1. The molecule has 2 aliphatic rings. The Morgan fingerprint density at radius 2 is 1.64 bits per heavy atom. The average Bonchev–Trinajstić information content (AvgIpc) is 3.51. The lowest BCUT2D eigenvalue weighted by Crippen LogP contribution is -2.39. The Kier molecular flexibility index (Phi) is 9.20. The van der Waals surface area contributed by atoms with Crippen molar-refractivity contribution in [1.82, 2.24) is 0 Å². The van der Waals surface area contributed by atoms with Crippen LogP contribution in [0, 0.1) is 5.92 Å². The minimum atomic E-state index is -1.06. The Labute approximate surface area is 250 Å². The van der Waals surface area contributed by atoms with Crippen molar-refractivity contribution in [1.29, 1.82) is 0 Å². The second kappa shape index (κ2) is 13.0. The van der Waals surface area contributed by atoms with Crippen LogP contribution in [0.2, 0.25) is 0 Å². The van der Waals surface area contributed by atoms with Gasteiger partial charge in [0.15, 0.2) is 0 Å². The number of carbonyl (C=O) groups is 2. The highest BCUT2D eigenvalue weighted by Gasteiger charge is 2.34. The molecule has 0 N–H and O–H groups in total. The standard InChI is InChI=1S/C36H43NO5/c1-5-22-40-31-18-15-29(16-19-31)25(2)28-13-10-27(11-14-28)24-37(34(38)21-12-26-8-6-7-9-26)30-17-20-32-33(23-30)41-36(3,4)42-35(32)39/h10-11,13-20,23,25-26H,5-9,12,21-22,24H2,1-4H3. The van der Waals surface area contributed by atoms with Gasteiger partial charge in [-0.15, -0.1) is 0 Å².